The van der Waals surface area contributed by atoms with Crippen LogP contribution in [-0.2, 0) is 11.3 Å². The summed E-state index contributed by atoms with van der Waals surface area (Å²) in [5.41, 5.74) is 1.37. The first-order chi connectivity index (χ1) is 12.4. The molecule has 0 saturated carbocycles. The number of carbonyl (C=O) groups excluding carboxylic acids is 1. The van der Waals surface area contributed by atoms with Gasteiger partial charge in [-0.25, -0.2) is 9.37 Å². The Labute approximate surface area is 149 Å². The molecule has 0 aliphatic heterocycles. The number of aromatic nitrogens is 2. The third kappa shape index (κ3) is 4.12. The molecule has 6 nitrogen and oxygen atoms in total. The molecule has 1 heterocycles. The van der Waals surface area contributed by atoms with Gasteiger partial charge in [0.1, 0.15) is 12.4 Å². The normalized spacial score (nSPS) is 12.1. The van der Waals surface area contributed by atoms with Crippen LogP contribution < -0.4 is 15.8 Å². The number of nitrogens with one attached hydrogen (secondary N) is 3. The fraction of sp³-hybridized carbons (Fsp3) is 0.211. The minimum atomic E-state index is -0.360. The van der Waals surface area contributed by atoms with Gasteiger partial charge in [-0.3, -0.25) is 9.59 Å². The molecule has 3 rings (SSSR count). The number of likely N-dealkylation sites (N-methyl/N-ethyl adjacent to an activating group) is 1. The number of anilines is 1. The molecule has 3 aromatic rings. The third-order valence-electron chi connectivity index (χ3n) is 4.05. The summed E-state index contributed by atoms with van der Waals surface area (Å²) < 4.78 is 13.5. The van der Waals surface area contributed by atoms with Crippen molar-refractivity contribution in [3.8, 4) is 0 Å². The van der Waals surface area contributed by atoms with Crippen molar-refractivity contribution in [1.82, 2.24) is 9.97 Å². The van der Waals surface area contributed by atoms with Gasteiger partial charge in [-0.1, -0.05) is 18.2 Å². The molecule has 0 spiro atoms. The maximum atomic E-state index is 13.5. The molecular weight excluding hydrogens is 335 g/mol. The molecule has 3 N–H and O–H groups in total. The van der Waals surface area contributed by atoms with Crippen LogP contribution in [-0.4, -0.2) is 29.5 Å². The lowest BCUT2D eigenvalue weighted by atomic mass is 10.2. The summed E-state index contributed by atoms with van der Waals surface area (Å²) in [7, 11) is 1.82. The minimum Gasteiger partial charge on any atom is -0.323 e. The van der Waals surface area contributed by atoms with E-state index in [1.165, 1.54) is 6.07 Å². The van der Waals surface area contributed by atoms with E-state index >= 15 is 0 Å². The van der Waals surface area contributed by atoms with Crippen molar-refractivity contribution in [1.29, 1.82) is 0 Å². The van der Waals surface area contributed by atoms with Crippen molar-refractivity contribution in [2.24, 2.45) is 0 Å². The second kappa shape index (κ2) is 7.45. The Hall–Kier alpha value is -3.06. The van der Waals surface area contributed by atoms with E-state index in [-0.39, 0.29) is 23.8 Å². The highest BCUT2D eigenvalue weighted by Gasteiger charge is 2.13. The molecule has 134 valence electrons. The second-order valence-corrected chi connectivity index (χ2v) is 6.35. The number of nitrogens with zero attached hydrogens (tertiary/aromatic N) is 1. The van der Waals surface area contributed by atoms with Gasteiger partial charge in [0.2, 0.25) is 0 Å². The summed E-state index contributed by atoms with van der Waals surface area (Å²) in [4.78, 5) is 32.2. The molecule has 26 heavy (non-hydrogen) atoms. The monoisotopic (exact) mass is 355 g/mol. The first kappa shape index (κ1) is 17.8. The average Bonchev–Trinajstić information content (AvgIpc) is 2.58. The number of H-pyrrole nitrogens is 1. The Morgan fingerprint density at radius 3 is 2.81 bits per heavy atom. The maximum absolute atomic E-state index is 13.5. The predicted octanol–water partition coefficient (Wildman–Crippen LogP) is 1.02. The SMILES string of the molecule is Cc1ccc(NC(=O)C[NH+](C)Cc2nc3ccccc3c(=O)[nH]2)cc1F. The molecule has 2 aromatic carbocycles. The Kier molecular flexibility index (Phi) is 5.09. The largest absolute Gasteiger partial charge is 0.323 e. The van der Waals surface area contributed by atoms with Crippen LogP contribution in [0.2, 0.25) is 0 Å². The molecular formula is C19H20FN4O2+. The molecule has 1 aromatic heterocycles. The highest BCUT2D eigenvalue weighted by atomic mass is 19.1. The van der Waals surface area contributed by atoms with Crippen LogP contribution in [0.1, 0.15) is 11.4 Å². The van der Waals surface area contributed by atoms with Gasteiger partial charge in [-0.05, 0) is 36.8 Å². The van der Waals surface area contributed by atoms with Crippen LogP contribution >= 0.6 is 0 Å². The summed E-state index contributed by atoms with van der Waals surface area (Å²) in [5.74, 6) is -0.0873. The van der Waals surface area contributed by atoms with Gasteiger partial charge in [-0.2, -0.15) is 0 Å². The average molecular weight is 355 g/mol. The van der Waals surface area contributed by atoms with E-state index in [1.807, 2.05) is 13.1 Å². The van der Waals surface area contributed by atoms with E-state index in [1.54, 1.807) is 37.3 Å². The number of amides is 1. The molecule has 7 heteroatoms. The van der Waals surface area contributed by atoms with Crippen molar-refractivity contribution in [3.05, 3.63) is 70.0 Å². The van der Waals surface area contributed by atoms with Crippen LogP contribution in [0.25, 0.3) is 10.9 Å². The van der Waals surface area contributed by atoms with Gasteiger partial charge >= 0.3 is 0 Å². The molecule has 0 aliphatic carbocycles. The number of rotatable bonds is 5. The summed E-state index contributed by atoms with van der Waals surface area (Å²) in [6, 6.07) is 11.7. The summed E-state index contributed by atoms with van der Waals surface area (Å²) in [5, 5.41) is 3.21. The smallest absolute Gasteiger partial charge is 0.279 e. The van der Waals surface area contributed by atoms with Crippen molar-refractivity contribution < 1.29 is 14.1 Å². The fourth-order valence-corrected chi connectivity index (χ4v) is 2.72. The van der Waals surface area contributed by atoms with Gasteiger partial charge in [0.25, 0.3) is 11.5 Å². The van der Waals surface area contributed by atoms with Crippen molar-refractivity contribution >= 4 is 22.5 Å². The van der Waals surface area contributed by atoms with E-state index in [0.29, 0.717) is 34.5 Å². The highest BCUT2D eigenvalue weighted by molar-refractivity contribution is 5.91. The molecule has 0 bridgehead atoms. The topological polar surface area (TPSA) is 79.3 Å². The zero-order valence-electron chi connectivity index (χ0n) is 14.6. The van der Waals surface area contributed by atoms with Crippen molar-refractivity contribution in [2.75, 3.05) is 18.9 Å². The molecule has 0 aliphatic rings. The predicted molar refractivity (Wildman–Crippen MR) is 97.6 cm³/mol. The van der Waals surface area contributed by atoms with Crippen LogP contribution in [0.15, 0.2) is 47.3 Å². The number of para-hydroxylation sites is 1. The Morgan fingerprint density at radius 1 is 1.27 bits per heavy atom. The lowest BCUT2D eigenvalue weighted by Crippen LogP contribution is -3.08. The maximum Gasteiger partial charge on any atom is 0.279 e. The number of carbonyl (C=O) groups is 1. The Morgan fingerprint density at radius 2 is 2.04 bits per heavy atom. The molecule has 1 amide bonds. The number of fused-ring (bicyclic) bond motifs is 1. The van der Waals surface area contributed by atoms with E-state index < -0.39 is 0 Å². The fourth-order valence-electron chi connectivity index (χ4n) is 2.72. The summed E-state index contributed by atoms with van der Waals surface area (Å²) >= 11 is 0. The van der Waals surface area contributed by atoms with Crippen molar-refractivity contribution in [2.45, 2.75) is 13.5 Å². The molecule has 0 saturated heterocycles. The first-order valence-corrected chi connectivity index (χ1v) is 8.27. The number of halogens is 1. The number of hydrogen-bond donors (Lipinski definition) is 3. The van der Waals surface area contributed by atoms with Gasteiger partial charge in [0, 0.05) is 5.69 Å². The zero-order chi connectivity index (χ0) is 18.7. The van der Waals surface area contributed by atoms with Crippen LogP contribution in [0, 0.1) is 12.7 Å². The number of quaternary nitrogens is 1. The van der Waals surface area contributed by atoms with Gasteiger partial charge in [0.05, 0.1) is 18.0 Å². The molecule has 1 unspecified atom stereocenters. The molecule has 1 atom stereocenters. The Bertz CT molecular complexity index is 1020. The minimum absolute atomic E-state index is 0.159. The number of hydrogen-bond acceptors (Lipinski definition) is 3. The summed E-state index contributed by atoms with van der Waals surface area (Å²) in [6.45, 7) is 2.21. The van der Waals surface area contributed by atoms with Crippen molar-refractivity contribution in [3.63, 3.8) is 0 Å². The standard InChI is InChI=1S/C19H19FN4O2/c1-12-7-8-13(9-15(12)20)21-18(25)11-24(2)10-17-22-16-6-4-3-5-14(16)19(26)23-17/h3-9H,10-11H2,1-2H3,(H,21,25)(H,22,23,26)/p+1. The number of aryl methyl sites for hydroxylation is 1. The lowest BCUT2D eigenvalue weighted by molar-refractivity contribution is -0.885. The molecule has 0 radical (unpaired) electrons. The first-order valence-electron chi connectivity index (χ1n) is 8.27. The van der Waals surface area contributed by atoms with E-state index in [9.17, 15) is 14.0 Å². The Balaban J connectivity index is 1.64. The molecule has 0 fully saturated rings. The van der Waals surface area contributed by atoms with E-state index in [4.69, 9.17) is 0 Å². The summed E-state index contributed by atoms with van der Waals surface area (Å²) in [6.07, 6.45) is 0. The van der Waals surface area contributed by atoms with Crippen LogP contribution in [0.4, 0.5) is 10.1 Å². The van der Waals surface area contributed by atoms with Gasteiger partial charge < -0.3 is 15.2 Å². The van der Waals surface area contributed by atoms with E-state index in [0.717, 1.165) is 4.90 Å². The van der Waals surface area contributed by atoms with Crippen LogP contribution in [0.3, 0.4) is 0 Å². The van der Waals surface area contributed by atoms with Gasteiger partial charge in [0.15, 0.2) is 12.4 Å². The third-order valence-corrected chi connectivity index (χ3v) is 4.05. The van der Waals surface area contributed by atoms with E-state index in [2.05, 4.69) is 15.3 Å². The highest BCUT2D eigenvalue weighted by Crippen LogP contribution is 2.13. The quantitative estimate of drug-likeness (QED) is 0.639. The zero-order valence-corrected chi connectivity index (χ0v) is 14.6. The number of benzene rings is 2. The number of aromatic amines is 1. The second-order valence-electron chi connectivity index (χ2n) is 6.35. The lowest BCUT2D eigenvalue weighted by Gasteiger charge is -2.13. The van der Waals surface area contributed by atoms with Gasteiger partial charge in [-0.15, -0.1) is 0 Å². The van der Waals surface area contributed by atoms with Crippen LogP contribution in [0.5, 0.6) is 0 Å².